The average molecular weight is 472 g/mol. The van der Waals surface area contributed by atoms with Crippen molar-refractivity contribution in [1.29, 1.82) is 0 Å². The molecule has 178 valence electrons. The summed E-state index contributed by atoms with van der Waals surface area (Å²) in [4.78, 5) is 39.2. The number of carbonyl (C=O) groups is 3. The summed E-state index contributed by atoms with van der Waals surface area (Å²) in [6, 6.07) is 17.6. The quantitative estimate of drug-likeness (QED) is 0.556. The largest absolute Gasteiger partial charge is 0.479 e. The third-order valence-electron chi connectivity index (χ3n) is 7.58. The molecule has 1 aromatic heterocycles. The van der Waals surface area contributed by atoms with Crippen molar-refractivity contribution in [2.75, 3.05) is 18.5 Å². The monoisotopic (exact) mass is 472 g/mol. The number of anilines is 1. The van der Waals surface area contributed by atoms with E-state index in [1.54, 1.807) is 0 Å². The molecule has 0 atom stereocenters. The maximum atomic E-state index is 13.2. The standard InChI is InChI=1S/C27H24N2O6/c1-26-13-27(14-26,24(31)32)29(15-26)23(30)22-21(10-11-34-22)28-25(33)35-12-20-18-8-4-2-6-16(18)17-7-3-5-9-19(17)20/h2-11,20H,12-15H2,1H3,(H,28,33)(H,31,32). The molecule has 2 aliphatic heterocycles. The first kappa shape index (κ1) is 21.5. The minimum absolute atomic E-state index is 0.0915. The van der Waals surface area contributed by atoms with Crippen molar-refractivity contribution in [3.8, 4) is 11.1 Å². The van der Waals surface area contributed by atoms with Crippen molar-refractivity contribution in [1.82, 2.24) is 4.90 Å². The number of aliphatic carboxylic acids is 1. The van der Waals surface area contributed by atoms with Crippen molar-refractivity contribution in [2.45, 2.75) is 31.2 Å². The lowest BCUT2D eigenvalue weighted by Crippen LogP contribution is -2.56. The van der Waals surface area contributed by atoms with Gasteiger partial charge in [-0.2, -0.15) is 0 Å². The zero-order valence-corrected chi connectivity index (χ0v) is 19.1. The van der Waals surface area contributed by atoms with Crippen LogP contribution < -0.4 is 5.32 Å². The number of nitrogens with one attached hydrogen (secondary N) is 1. The Morgan fingerprint density at radius 1 is 1.06 bits per heavy atom. The summed E-state index contributed by atoms with van der Waals surface area (Å²) >= 11 is 0. The van der Waals surface area contributed by atoms with Crippen LogP contribution in [-0.4, -0.2) is 46.7 Å². The molecule has 2 amide bonds. The first-order valence-corrected chi connectivity index (χ1v) is 11.6. The fraction of sp³-hybridized carbons (Fsp3) is 0.296. The van der Waals surface area contributed by atoms with Crippen LogP contribution in [-0.2, 0) is 9.53 Å². The zero-order chi connectivity index (χ0) is 24.4. The van der Waals surface area contributed by atoms with Crippen molar-refractivity contribution in [2.24, 2.45) is 5.41 Å². The van der Waals surface area contributed by atoms with E-state index >= 15 is 0 Å². The molecule has 1 saturated carbocycles. The van der Waals surface area contributed by atoms with Gasteiger partial charge in [0.15, 0.2) is 0 Å². The second-order valence-corrected chi connectivity index (χ2v) is 10.0. The molecule has 3 heterocycles. The van der Waals surface area contributed by atoms with Crippen LogP contribution in [0, 0.1) is 5.41 Å². The van der Waals surface area contributed by atoms with E-state index in [0.717, 1.165) is 22.3 Å². The first-order valence-electron chi connectivity index (χ1n) is 11.6. The van der Waals surface area contributed by atoms with Crippen LogP contribution in [0.3, 0.4) is 0 Å². The second-order valence-electron chi connectivity index (χ2n) is 10.0. The number of nitrogens with zero attached hydrogens (tertiary/aromatic N) is 1. The molecule has 2 aromatic carbocycles. The summed E-state index contributed by atoms with van der Waals surface area (Å²) in [5.41, 5.74) is 3.19. The van der Waals surface area contributed by atoms with E-state index in [4.69, 9.17) is 9.15 Å². The number of fused-ring (bicyclic) bond motifs is 4. The van der Waals surface area contributed by atoms with Gasteiger partial charge in [0, 0.05) is 18.5 Å². The number of carboxylic acids is 1. The molecule has 2 aliphatic carbocycles. The Morgan fingerprint density at radius 2 is 1.69 bits per heavy atom. The van der Waals surface area contributed by atoms with Crippen molar-refractivity contribution in [3.05, 3.63) is 77.7 Å². The van der Waals surface area contributed by atoms with Gasteiger partial charge in [-0.3, -0.25) is 10.1 Å². The molecule has 7 rings (SSSR count). The number of amides is 2. The van der Waals surface area contributed by atoms with Gasteiger partial charge in [0.2, 0.25) is 5.76 Å². The minimum atomic E-state index is -1.21. The molecule has 8 heteroatoms. The molecule has 35 heavy (non-hydrogen) atoms. The van der Waals surface area contributed by atoms with E-state index < -0.39 is 23.5 Å². The van der Waals surface area contributed by atoms with Gasteiger partial charge < -0.3 is 19.2 Å². The van der Waals surface area contributed by atoms with Crippen LogP contribution in [0.25, 0.3) is 11.1 Å². The highest BCUT2D eigenvalue weighted by atomic mass is 16.5. The lowest BCUT2D eigenvalue weighted by molar-refractivity contribution is -0.153. The Kier molecular flexibility index (Phi) is 4.58. The second kappa shape index (κ2) is 7.46. The summed E-state index contributed by atoms with van der Waals surface area (Å²) < 4.78 is 10.9. The maximum Gasteiger partial charge on any atom is 0.411 e. The fourth-order valence-corrected chi connectivity index (χ4v) is 6.17. The molecule has 8 nitrogen and oxygen atoms in total. The Morgan fingerprint density at radius 3 is 2.31 bits per heavy atom. The fourth-order valence-electron chi connectivity index (χ4n) is 6.17. The van der Waals surface area contributed by atoms with E-state index in [9.17, 15) is 19.5 Å². The van der Waals surface area contributed by atoms with Gasteiger partial charge in [0.1, 0.15) is 12.1 Å². The minimum Gasteiger partial charge on any atom is -0.479 e. The molecule has 0 radical (unpaired) electrons. The molecule has 2 N–H and O–H groups in total. The summed E-state index contributed by atoms with van der Waals surface area (Å²) in [5.74, 6) is -1.76. The molecule has 4 aliphatic rings. The summed E-state index contributed by atoms with van der Waals surface area (Å²) in [7, 11) is 0. The Balaban J connectivity index is 1.16. The van der Waals surface area contributed by atoms with E-state index in [2.05, 4.69) is 17.4 Å². The number of carboxylic acid groups (broad SMARTS) is 1. The van der Waals surface area contributed by atoms with Gasteiger partial charge in [-0.1, -0.05) is 55.5 Å². The highest BCUT2D eigenvalue weighted by Gasteiger charge is 2.69. The van der Waals surface area contributed by atoms with Gasteiger partial charge >= 0.3 is 12.1 Å². The highest BCUT2D eigenvalue weighted by Crippen LogP contribution is 2.59. The van der Waals surface area contributed by atoms with Crippen LogP contribution in [0.4, 0.5) is 10.5 Å². The predicted octanol–water partition coefficient (Wildman–Crippen LogP) is 4.72. The number of rotatable bonds is 5. The van der Waals surface area contributed by atoms with Crippen molar-refractivity contribution >= 4 is 23.7 Å². The molecular weight excluding hydrogens is 448 g/mol. The van der Waals surface area contributed by atoms with E-state index in [0.29, 0.717) is 19.4 Å². The smallest absolute Gasteiger partial charge is 0.411 e. The first-order chi connectivity index (χ1) is 16.8. The normalized spacial score (nSPS) is 23.9. The molecule has 0 unspecified atom stereocenters. The number of ether oxygens (including phenoxy) is 1. The third kappa shape index (κ3) is 3.16. The summed E-state index contributed by atoms with van der Waals surface area (Å²) in [6.07, 6.45) is 1.41. The lowest BCUT2D eigenvalue weighted by Gasteiger charge is -2.42. The van der Waals surface area contributed by atoms with Crippen LogP contribution in [0.15, 0.2) is 65.3 Å². The average Bonchev–Trinajstić information content (AvgIpc) is 3.56. The summed E-state index contributed by atoms with van der Waals surface area (Å²) in [6.45, 7) is 2.44. The molecule has 2 saturated heterocycles. The van der Waals surface area contributed by atoms with E-state index in [-0.39, 0.29) is 29.4 Å². The Bertz CT molecular complexity index is 1320. The molecule has 2 bridgehead atoms. The van der Waals surface area contributed by atoms with Gasteiger partial charge in [0.05, 0.1) is 12.0 Å². The van der Waals surface area contributed by atoms with Crippen LogP contribution in [0.5, 0.6) is 0 Å². The van der Waals surface area contributed by atoms with E-state index in [1.807, 2.05) is 43.3 Å². The highest BCUT2D eigenvalue weighted by molar-refractivity contribution is 6.03. The molecule has 3 fully saturated rings. The molecule has 3 aromatic rings. The lowest BCUT2D eigenvalue weighted by atomic mass is 9.63. The third-order valence-corrected chi connectivity index (χ3v) is 7.58. The number of hydrogen-bond donors (Lipinski definition) is 2. The topological polar surface area (TPSA) is 109 Å². The van der Waals surface area contributed by atoms with Crippen molar-refractivity contribution < 1.29 is 28.6 Å². The predicted molar refractivity (Wildman–Crippen MR) is 126 cm³/mol. The van der Waals surface area contributed by atoms with Crippen molar-refractivity contribution in [3.63, 3.8) is 0 Å². The van der Waals surface area contributed by atoms with Gasteiger partial charge in [-0.05, 0) is 40.5 Å². The van der Waals surface area contributed by atoms with Gasteiger partial charge in [-0.25, -0.2) is 9.59 Å². The molecular formula is C27H24N2O6. The number of carbonyl (C=O) groups excluding carboxylic acids is 2. The number of furan rings is 1. The van der Waals surface area contributed by atoms with Crippen LogP contribution in [0.1, 0.15) is 47.4 Å². The summed E-state index contributed by atoms with van der Waals surface area (Å²) in [5, 5.41) is 12.4. The number of benzene rings is 2. The van der Waals surface area contributed by atoms with Crippen LogP contribution >= 0.6 is 0 Å². The van der Waals surface area contributed by atoms with E-state index in [1.165, 1.54) is 17.2 Å². The number of hydrogen-bond acceptors (Lipinski definition) is 5. The van der Waals surface area contributed by atoms with Gasteiger partial charge in [0.25, 0.3) is 5.91 Å². The molecule has 0 spiro atoms. The van der Waals surface area contributed by atoms with Crippen LogP contribution in [0.2, 0.25) is 0 Å². The maximum absolute atomic E-state index is 13.2. The zero-order valence-electron chi connectivity index (χ0n) is 19.1. The SMILES string of the molecule is CC12CN(C(=O)c3occc3NC(=O)OCC3c4ccccc4-c4ccccc43)C(C(=O)O)(C1)C2. The Hall–Kier alpha value is -4.07. The van der Waals surface area contributed by atoms with Gasteiger partial charge in [-0.15, -0.1) is 0 Å². The Labute approximate surface area is 201 Å².